The topological polar surface area (TPSA) is 41.5 Å². The number of hydrogen-bond donors (Lipinski definition) is 2. The summed E-state index contributed by atoms with van der Waals surface area (Å²) in [5.41, 5.74) is 1.48. The highest BCUT2D eigenvalue weighted by atomic mass is 19.3. The van der Waals surface area contributed by atoms with Crippen LogP contribution in [0, 0.1) is 5.82 Å². The fraction of sp³-hybridized carbons (Fsp3) is 0.333. The molecule has 0 spiro atoms. The van der Waals surface area contributed by atoms with Crippen molar-refractivity contribution < 1.29 is 23.0 Å². The van der Waals surface area contributed by atoms with Gasteiger partial charge in [0.25, 0.3) is 0 Å². The Bertz CT molecular complexity index is 634. The van der Waals surface area contributed by atoms with E-state index in [1.54, 1.807) is 24.3 Å². The third-order valence-corrected chi connectivity index (χ3v) is 3.58. The largest absolute Gasteiger partial charge is 0.435 e. The minimum atomic E-state index is -2.90. The molecular formula is C18H20F3NO2. The molecule has 2 unspecified atom stereocenters. The van der Waals surface area contributed by atoms with Crippen LogP contribution in [0.1, 0.15) is 24.2 Å². The Morgan fingerprint density at radius 1 is 1.12 bits per heavy atom. The molecule has 6 heteroatoms. The minimum absolute atomic E-state index is 0.0147. The summed E-state index contributed by atoms with van der Waals surface area (Å²) in [6.07, 6.45) is -0.163. The van der Waals surface area contributed by atoms with Gasteiger partial charge < -0.3 is 15.2 Å². The third kappa shape index (κ3) is 5.86. The second-order valence-corrected chi connectivity index (χ2v) is 5.61. The van der Waals surface area contributed by atoms with Gasteiger partial charge in [0.2, 0.25) is 0 Å². The molecule has 0 radical (unpaired) electrons. The number of aliphatic hydroxyl groups is 1. The van der Waals surface area contributed by atoms with Crippen LogP contribution in [0.15, 0.2) is 48.5 Å². The molecule has 24 heavy (non-hydrogen) atoms. The van der Waals surface area contributed by atoms with Crippen LogP contribution in [0.3, 0.4) is 0 Å². The van der Waals surface area contributed by atoms with Crippen molar-refractivity contribution in [3.05, 3.63) is 65.5 Å². The first-order valence-electron chi connectivity index (χ1n) is 7.64. The van der Waals surface area contributed by atoms with Gasteiger partial charge in [0.15, 0.2) is 0 Å². The van der Waals surface area contributed by atoms with E-state index in [4.69, 9.17) is 0 Å². The predicted octanol–water partition coefficient (Wildman–Crippen LogP) is 3.68. The predicted molar refractivity (Wildman–Crippen MR) is 85.6 cm³/mol. The van der Waals surface area contributed by atoms with Crippen molar-refractivity contribution in [1.29, 1.82) is 0 Å². The van der Waals surface area contributed by atoms with Gasteiger partial charge >= 0.3 is 6.61 Å². The number of ether oxygens (including phenoxy) is 1. The fourth-order valence-corrected chi connectivity index (χ4v) is 2.37. The molecule has 130 valence electrons. The van der Waals surface area contributed by atoms with Crippen LogP contribution in [-0.4, -0.2) is 24.3 Å². The second kappa shape index (κ2) is 8.70. The van der Waals surface area contributed by atoms with E-state index in [2.05, 4.69) is 10.1 Å². The van der Waals surface area contributed by atoms with Crippen molar-refractivity contribution in [2.24, 2.45) is 0 Å². The van der Waals surface area contributed by atoms with Crippen LogP contribution in [0.5, 0.6) is 5.75 Å². The Hall–Kier alpha value is -2.05. The summed E-state index contributed by atoms with van der Waals surface area (Å²) in [6.45, 7) is -0.682. The van der Waals surface area contributed by atoms with E-state index in [-0.39, 0.29) is 24.2 Å². The van der Waals surface area contributed by atoms with Crippen LogP contribution in [0.25, 0.3) is 0 Å². The summed E-state index contributed by atoms with van der Waals surface area (Å²) < 4.78 is 41.6. The lowest BCUT2D eigenvalue weighted by Gasteiger charge is -2.18. The Balaban J connectivity index is 1.85. The normalized spacial score (nSPS) is 13.8. The van der Waals surface area contributed by atoms with Gasteiger partial charge in [0, 0.05) is 12.6 Å². The first-order chi connectivity index (χ1) is 11.4. The van der Waals surface area contributed by atoms with Crippen molar-refractivity contribution in [2.75, 3.05) is 6.54 Å². The second-order valence-electron chi connectivity index (χ2n) is 5.61. The summed E-state index contributed by atoms with van der Waals surface area (Å²) in [7, 11) is 0. The molecule has 0 fully saturated rings. The summed E-state index contributed by atoms with van der Waals surface area (Å²) in [4.78, 5) is 0. The zero-order valence-corrected chi connectivity index (χ0v) is 13.3. The van der Waals surface area contributed by atoms with Gasteiger partial charge in [-0.1, -0.05) is 24.3 Å². The van der Waals surface area contributed by atoms with Crippen LogP contribution in [0.2, 0.25) is 0 Å². The van der Waals surface area contributed by atoms with E-state index in [0.29, 0.717) is 12.0 Å². The zero-order valence-electron chi connectivity index (χ0n) is 13.3. The van der Waals surface area contributed by atoms with Crippen molar-refractivity contribution in [3.8, 4) is 5.75 Å². The Kier molecular flexibility index (Phi) is 6.63. The number of benzene rings is 2. The zero-order chi connectivity index (χ0) is 17.5. The Morgan fingerprint density at radius 2 is 1.83 bits per heavy atom. The lowest BCUT2D eigenvalue weighted by molar-refractivity contribution is -0.0499. The maximum atomic E-state index is 12.9. The molecule has 0 saturated heterocycles. The molecule has 0 aliphatic heterocycles. The number of nitrogens with one attached hydrogen (secondary N) is 1. The number of rotatable bonds is 8. The molecule has 2 aromatic rings. The molecule has 0 amide bonds. The molecule has 2 rings (SSSR count). The standard InChI is InChI=1S/C18H20F3NO2/c1-12(9-13-5-7-15(19)8-6-13)22-11-17(23)14-3-2-4-16(10-14)24-18(20)21/h2-8,10,12,17-18,22-23H,9,11H2,1H3. The van der Waals surface area contributed by atoms with Gasteiger partial charge in [-0.3, -0.25) is 0 Å². The van der Waals surface area contributed by atoms with Gasteiger partial charge in [-0.05, 0) is 48.7 Å². The highest BCUT2D eigenvalue weighted by Gasteiger charge is 2.12. The summed E-state index contributed by atoms with van der Waals surface area (Å²) in [6, 6.07) is 12.3. The quantitative estimate of drug-likeness (QED) is 0.771. The van der Waals surface area contributed by atoms with Gasteiger partial charge in [0.05, 0.1) is 6.10 Å². The molecule has 0 heterocycles. The van der Waals surface area contributed by atoms with E-state index in [9.17, 15) is 18.3 Å². The molecule has 0 aliphatic carbocycles. The van der Waals surface area contributed by atoms with Crippen LogP contribution in [0.4, 0.5) is 13.2 Å². The van der Waals surface area contributed by atoms with Crippen molar-refractivity contribution in [3.63, 3.8) is 0 Å². The maximum Gasteiger partial charge on any atom is 0.387 e. The molecular weight excluding hydrogens is 319 g/mol. The number of aliphatic hydroxyl groups excluding tert-OH is 1. The molecule has 0 saturated carbocycles. The van der Waals surface area contributed by atoms with Crippen molar-refractivity contribution >= 4 is 0 Å². The Morgan fingerprint density at radius 3 is 2.50 bits per heavy atom. The first kappa shape index (κ1) is 18.3. The molecule has 2 atom stereocenters. The molecule has 3 nitrogen and oxygen atoms in total. The third-order valence-electron chi connectivity index (χ3n) is 3.58. The van der Waals surface area contributed by atoms with Gasteiger partial charge in [0.1, 0.15) is 11.6 Å². The monoisotopic (exact) mass is 339 g/mol. The van der Waals surface area contributed by atoms with Gasteiger partial charge in [-0.25, -0.2) is 4.39 Å². The van der Waals surface area contributed by atoms with Gasteiger partial charge in [-0.15, -0.1) is 0 Å². The van der Waals surface area contributed by atoms with E-state index in [0.717, 1.165) is 5.56 Å². The average molecular weight is 339 g/mol. The van der Waals surface area contributed by atoms with E-state index < -0.39 is 12.7 Å². The maximum absolute atomic E-state index is 12.9. The van der Waals surface area contributed by atoms with Crippen molar-refractivity contribution in [2.45, 2.75) is 32.1 Å². The molecule has 0 aromatic heterocycles. The van der Waals surface area contributed by atoms with Crippen LogP contribution < -0.4 is 10.1 Å². The molecule has 2 aromatic carbocycles. The highest BCUT2D eigenvalue weighted by molar-refractivity contribution is 5.30. The molecule has 2 N–H and O–H groups in total. The van der Waals surface area contributed by atoms with Crippen LogP contribution in [-0.2, 0) is 6.42 Å². The number of hydrogen-bond acceptors (Lipinski definition) is 3. The first-order valence-corrected chi connectivity index (χ1v) is 7.64. The average Bonchev–Trinajstić information content (AvgIpc) is 2.54. The highest BCUT2D eigenvalue weighted by Crippen LogP contribution is 2.20. The summed E-state index contributed by atoms with van der Waals surface area (Å²) in [5, 5.41) is 13.3. The SMILES string of the molecule is CC(Cc1ccc(F)cc1)NCC(O)c1cccc(OC(F)F)c1. The minimum Gasteiger partial charge on any atom is -0.435 e. The van der Waals surface area contributed by atoms with Crippen molar-refractivity contribution in [1.82, 2.24) is 5.32 Å². The molecule has 0 bridgehead atoms. The fourth-order valence-electron chi connectivity index (χ4n) is 2.37. The van der Waals surface area contributed by atoms with E-state index >= 15 is 0 Å². The lowest BCUT2D eigenvalue weighted by atomic mass is 10.1. The lowest BCUT2D eigenvalue weighted by Crippen LogP contribution is -2.32. The Labute approximate surface area is 139 Å². The summed E-state index contributed by atoms with van der Waals surface area (Å²) in [5.74, 6) is -0.262. The smallest absolute Gasteiger partial charge is 0.387 e. The number of alkyl halides is 2. The number of halogens is 3. The van der Waals surface area contributed by atoms with E-state index in [1.165, 1.54) is 24.3 Å². The summed E-state index contributed by atoms with van der Waals surface area (Å²) >= 11 is 0. The van der Waals surface area contributed by atoms with E-state index in [1.807, 2.05) is 6.92 Å². The van der Waals surface area contributed by atoms with Crippen LogP contribution >= 0.6 is 0 Å². The molecule has 0 aliphatic rings. The van der Waals surface area contributed by atoms with Gasteiger partial charge in [-0.2, -0.15) is 8.78 Å².